The lowest BCUT2D eigenvalue weighted by Crippen LogP contribution is -2.04. The van der Waals surface area contributed by atoms with Crippen molar-refractivity contribution in [3.8, 4) is 5.75 Å². The third kappa shape index (κ3) is 1.66. The lowest BCUT2D eigenvalue weighted by Gasteiger charge is -2.06. The fourth-order valence-corrected chi connectivity index (χ4v) is 2.33. The molecule has 0 radical (unpaired) electrons. The van der Waals surface area contributed by atoms with Gasteiger partial charge < -0.3 is 14.6 Å². The molecule has 0 unspecified atom stereocenters. The summed E-state index contributed by atoms with van der Waals surface area (Å²) in [7, 11) is 5.60. The Labute approximate surface area is 100.0 Å². The Morgan fingerprint density at radius 3 is 2.81 bits per heavy atom. The van der Waals surface area contributed by atoms with E-state index in [1.165, 1.54) is 5.56 Å². The molecular weight excluding hydrogens is 224 g/mol. The van der Waals surface area contributed by atoms with Crippen LogP contribution >= 0.6 is 11.6 Å². The minimum atomic E-state index is 0.765. The molecule has 0 atom stereocenters. The topological polar surface area (TPSA) is 26.2 Å². The van der Waals surface area contributed by atoms with Crippen molar-refractivity contribution in [1.82, 2.24) is 9.88 Å². The van der Waals surface area contributed by atoms with Gasteiger partial charge in [-0.3, -0.25) is 0 Å². The van der Waals surface area contributed by atoms with Gasteiger partial charge >= 0.3 is 0 Å². The molecule has 2 aromatic rings. The van der Waals surface area contributed by atoms with E-state index < -0.39 is 0 Å². The molecule has 0 spiro atoms. The van der Waals surface area contributed by atoms with E-state index in [-0.39, 0.29) is 0 Å². The van der Waals surface area contributed by atoms with Gasteiger partial charge in [0.05, 0.1) is 17.6 Å². The highest BCUT2D eigenvalue weighted by atomic mass is 35.5. The maximum atomic E-state index is 6.24. The van der Waals surface area contributed by atoms with Crippen LogP contribution in [0.1, 0.15) is 5.56 Å². The molecule has 3 nitrogen and oxygen atoms in total. The molecule has 1 aromatic heterocycles. The molecule has 0 aliphatic heterocycles. The lowest BCUT2D eigenvalue weighted by molar-refractivity contribution is 0.418. The highest BCUT2D eigenvalue weighted by Gasteiger charge is 2.13. The zero-order valence-corrected chi connectivity index (χ0v) is 10.4. The highest BCUT2D eigenvalue weighted by Crippen LogP contribution is 2.34. The highest BCUT2D eigenvalue weighted by molar-refractivity contribution is 6.36. The summed E-state index contributed by atoms with van der Waals surface area (Å²) < 4.78 is 7.40. The molecule has 0 fully saturated rings. The molecule has 0 saturated carbocycles. The summed E-state index contributed by atoms with van der Waals surface area (Å²) in [6.07, 6.45) is 2.08. The largest absolute Gasteiger partial charge is 0.495 e. The number of benzene rings is 1. The summed E-state index contributed by atoms with van der Waals surface area (Å²) in [6, 6.07) is 3.77. The van der Waals surface area contributed by atoms with Gasteiger partial charge in [0.1, 0.15) is 5.75 Å². The Morgan fingerprint density at radius 1 is 1.44 bits per heavy atom. The molecule has 1 heterocycles. The monoisotopic (exact) mass is 238 g/mol. The van der Waals surface area contributed by atoms with Gasteiger partial charge in [-0.25, -0.2) is 0 Å². The number of nitrogens with one attached hydrogen (secondary N) is 1. The normalized spacial score (nSPS) is 11.0. The maximum Gasteiger partial charge on any atom is 0.143 e. The Hall–Kier alpha value is -1.19. The summed E-state index contributed by atoms with van der Waals surface area (Å²) in [4.78, 5) is 0. The number of hydrogen-bond donors (Lipinski definition) is 1. The zero-order chi connectivity index (χ0) is 11.7. The van der Waals surface area contributed by atoms with Gasteiger partial charge in [0.25, 0.3) is 0 Å². The summed E-state index contributed by atoms with van der Waals surface area (Å²) in [5.74, 6) is 0.851. The molecule has 1 aromatic carbocycles. The van der Waals surface area contributed by atoms with Crippen LogP contribution in [0.25, 0.3) is 10.9 Å². The van der Waals surface area contributed by atoms with Crippen molar-refractivity contribution in [3.63, 3.8) is 0 Å². The Bertz CT molecular complexity index is 519. The van der Waals surface area contributed by atoms with Crippen LogP contribution in [0.15, 0.2) is 18.3 Å². The third-order valence-electron chi connectivity index (χ3n) is 2.70. The SMILES string of the molecule is CNCc1cn(C)c2c(OC)ccc(Cl)c12. The molecular formula is C12H15ClN2O. The molecule has 0 bridgehead atoms. The van der Waals surface area contributed by atoms with Crippen LogP contribution in [0.5, 0.6) is 5.75 Å². The number of hydrogen-bond acceptors (Lipinski definition) is 2. The number of nitrogens with zero attached hydrogens (tertiary/aromatic N) is 1. The fourth-order valence-electron chi connectivity index (χ4n) is 2.06. The smallest absolute Gasteiger partial charge is 0.143 e. The maximum absolute atomic E-state index is 6.24. The van der Waals surface area contributed by atoms with Gasteiger partial charge in [-0.2, -0.15) is 0 Å². The van der Waals surface area contributed by atoms with Gasteiger partial charge in [0.15, 0.2) is 0 Å². The van der Waals surface area contributed by atoms with E-state index >= 15 is 0 Å². The summed E-state index contributed by atoms with van der Waals surface area (Å²) >= 11 is 6.24. The average molecular weight is 239 g/mol. The van der Waals surface area contributed by atoms with E-state index in [4.69, 9.17) is 16.3 Å². The predicted molar refractivity (Wildman–Crippen MR) is 67.2 cm³/mol. The van der Waals surface area contributed by atoms with Gasteiger partial charge in [-0.1, -0.05) is 11.6 Å². The second-order valence-corrected chi connectivity index (χ2v) is 4.18. The van der Waals surface area contributed by atoms with Crippen LogP contribution < -0.4 is 10.1 Å². The second-order valence-electron chi connectivity index (χ2n) is 3.77. The fraction of sp³-hybridized carbons (Fsp3) is 0.333. The number of fused-ring (bicyclic) bond motifs is 1. The van der Waals surface area contributed by atoms with Crippen molar-refractivity contribution < 1.29 is 4.74 Å². The van der Waals surface area contributed by atoms with Gasteiger partial charge in [0.2, 0.25) is 0 Å². The van der Waals surface area contributed by atoms with Crippen LogP contribution in [-0.2, 0) is 13.6 Å². The van der Waals surface area contributed by atoms with E-state index in [0.717, 1.165) is 28.2 Å². The molecule has 86 valence electrons. The van der Waals surface area contributed by atoms with Gasteiger partial charge in [0, 0.05) is 25.2 Å². The molecule has 2 rings (SSSR count). The zero-order valence-electron chi connectivity index (χ0n) is 9.67. The van der Waals surface area contributed by atoms with Crippen molar-refractivity contribution in [2.75, 3.05) is 14.2 Å². The number of methoxy groups -OCH3 is 1. The molecule has 0 saturated heterocycles. The second kappa shape index (κ2) is 4.36. The van der Waals surface area contributed by atoms with Crippen LogP contribution in [0.3, 0.4) is 0 Å². The van der Waals surface area contributed by atoms with Crippen molar-refractivity contribution in [2.24, 2.45) is 7.05 Å². The van der Waals surface area contributed by atoms with Crippen molar-refractivity contribution in [3.05, 3.63) is 28.9 Å². The molecule has 4 heteroatoms. The standard InChI is InChI=1S/C12H15ClN2O/c1-14-6-8-7-15(2)12-10(16-3)5-4-9(13)11(8)12/h4-5,7,14H,6H2,1-3H3. The minimum absolute atomic E-state index is 0.765. The van der Waals surface area contributed by atoms with Crippen molar-refractivity contribution in [1.29, 1.82) is 0 Å². The van der Waals surface area contributed by atoms with Gasteiger partial charge in [-0.15, -0.1) is 0 Å². The van der Waals surface area contributed by atoms with E-state index in [1.807, 2.05) is 30.8 Å². The first kappa shape index (κ1) is 11.3. The average Bonchev–Trinajstić information content (AvgIpc) is 2.59. The molecule has 0 aliphatic rings. The van der Waals surface area contributed by atoms with Crippen LogP contribution in [0.4, 0.5) is 0 Å². The Balaban J connectivity index is 2.77. The molecule has 0 aliphatic carbocycles. The summed E-state index contributed by atoms with van der Waals surface area (Å²) in [5, 5.41) is 4.97. The Kier molecular flexibility index (Phi) is 3.08. The first-order valence-corrected chi connectivity index (χ1v) is 5.51. The quantitative estimate of drug-likeness (QED) is 0.890. The van der Waals surface area contributed by atoms with E-state index in [1.54, 1.807) is 7.11 Å². The molecule has 16 heavy (non-hydrogen) atoms. The predicted octanol–water partition coefficient (Wildman–Crippen LogP) is 2.56. The third-order valence-corrected chi connectivity index (χ3v) is 3.02. The van der Waals surface area contributed by atoms with Crippen molar-refractivity contribution in [2.45, 2.75) is 6.54 Å². The van der Waals surface area contributed by atoms with Crippen LogP contribution in [0, 0.1) is 0 Å². The molecule has 1 N–H and O–H groups in total. The number of halogens is 1. The van der Waals surface area contributed by atoms with Crippen LogP contribution in [-0.4, -0.2) is 18.7 Å². The number of aryl methyl sites for hydroxylation is 1. The lowest BCUT2D eigenvalue weighted by atomic mass is 10.1. The van der Waals surface area contributed by atoms with E-state index in [2.05, 4.69) is 11.5 Å². The minimum Gasteiger partial charge on any atom is -0.495 e. The first-order valence-electron chi connectivity index (χ1n) is 5.14. The van der Waals surface area contributed by atoms with Crippen LogP contribution in [0.2, 0.25) is 5.02 Å². The summed E-state index contributed by atoms with van der Waals surface area (Å²) in [5.41, 5.74) is 2.23. The number of rotatable bonds is 3. The number of ether oxygens (including phenoxy) is 1. The van der Waals surface area contributed by atoms with Crippen molar-refractivity contribution >= 4 is 22.5 Å². The first-order chi connectivity index (χ1) is 7.69. The number of aromatic nitrogens is 1. The molecule has 0 amide bonds. The van der Waals surface area contributed by atoms with E-state index in [0.29, 0.717) is 0 Å². The van der Waals surface area contributed by atoms with Gasteiger partial charge in [-0.05, 0) is 24.7 Å². The Morgan fingerprint density at radius 2 is 2.19 bits per heavy atom. The summed E-state index contributed by atoms with van der Waals surface area (Å²) in [6.45, 7) is 0.796. The van der Waals surface area contributed by atoms with E-state index in [9.17, 15) is 0 Å².